The Bertz CT molecular complexity index is 810. The Kier molecular flexibility index (Phi) is 4.63. The smallest absolute Gasteiger partial charge is 0.350 e. The van der Waals surface area contributed by atoms with E-state index < -0.39 is 39.1 Å². The van der Waals surface area contributed by atoms with Crippen molar-refractivity contribution in [2.75, 3.05) is 12.4 Å². The van der Waals surface area contributed by atoms with Crippen molar-refractivity contribution < 1.29 is 31.9 Å². The summed E-state index contributed by atoms with van der Waals surface area (Å²) in [6.45, 7) is 2.78. The summed E-state index contributed by atoms with van der Waals surface area (Å²) in [5, 5.41) is 2.38. The minimum absolute atomic E-state index is 0.192. The van der Waals surface area contributed by atoms with Gasteiger partial charge in [-0.1, -0.05) is 0 Å². The van der Waals surface area contributed by atoms with E-state index >= 15 is 0 Å². The van der Waals surface area contributed by atoms with E-state index in [1.165, 1.54) is 20.9 Å². The monoisotopic (exact) mass is 358 g/mol. The van der Waals surface area contributed by atoms with Crippen LogP contribution in [0.3, 0.4) is 0 Å². The Morgan fingerprint density at radius 2 is 1.75 bits per heavy atom. The van der Waals surface area contributed by atoms with Crippen LogP contribution in [0.4, 0.5) is 10.1 Å². The minimum Gasteiger partial charge on any atom is -0.419 e. The lowest BCUT2D eigenvalue weighted by Crippen LogP contribution is -2.42. The number of anilines is 1. The van der Waals surface area contributed by atoms with Gasteiger partial charge in [0.1, 0.15) is 5.82 Å². The van der Waals surface area contributed by atoms with Gasteiger partial charge in [0.2, 0.25) is 10.0 Å². The zero-order chi connectivity index (χ0) is 18.1. The summed E-state index contributed by atoms with van der Waals surface area (Å²) >= 11 is 0. The maximum atomic E-state index is 13.8. The number of nitrogens with one attached hydrogen (secondary N) is 2. The highest BCUT2D eigenvalue weighted by Crippen LogP contribution is 2.24. The molecule has 0 unspecified atom stereocenters. The Labute approximate surface area is 137 Å². The molecule has 0 spiro atoms. The summed E-state index contributed by atoms with van der Waals surface area (Å²) in [5.74, 6) is -4.05. The summed E-state index contributed by atoms with van der Waals surface area (Å²) < 4.78 is 49.1. The number of cyclic esters (lactones) is 2. The fourth-order valence-corrected chi connectivity index (χ4v) is 2.58. The third-order valence-electron chi connectivity index (χ3n) is 3.01. The molecule has 1 aliphatic rings. The molecule has 1 aromatic rings. The van der Waals surface area contributed by atoms with Crippen molar-refractivity contribution in [3.63, 3.8) is 0 Å². The zero-order valence-corrected chi connectivity index (χ0v) is 13.9. The second-order valence-corrected chi connectivity index (χ2v) is 7.12. The number of rotatable bonds is 4. The normalized spacial score (nSPS) is 17.1. The fraction of sp³-hybridized carbons (Fsp3) is 0.286. The first kappa shape index (κ1) is 17.9. The molecular formula is C14H15FN2O6S. The van der Waals surface area contributed by atoms with Crippen LogP contribution in [0.25, 0.3) is 0 Å². The number of carbonyl (C=O) groups is 2. The van der Waals surface area contributed by atoms with Gasteiger partial charge >= 0.3 is 11.9 Å². The van der Waals surface area contributed by atoms with Gasteiger partial charge in [0.15, 0.2) is 5.57 Å². The van der Waals surface area contributed by atoms with Crippen molar-refractivity contribution in [3.8, 4) is 0 Å². The van der Waals surface area contributed by atoms with Crippen molar-refractivity contribution >= 4 is 27.6 Å². The molecule has 24 heavy (non-hydrogen) atoms. The van der Waals surface area contributed by atoms with Crippen molar-refractivity contribution in [1.82, 2.24) is 4.72 Å². The topological polar surface area (TPSA) is 111 Å². The number of esters is 2. The van der Waals surface area contributed by atoms with Crippen molar-refractivity contribution in [3.05, 3.63) is 35.8 Å². The van der Waals surface area contributed by atoms with Crippen LogP contribution in [0, 0.1) is 5.82 Å². The number of ether oxygens (including phenoxy) is 2. The first-order valence-electron chi connectivity index (χ1n) is 6.72. The molecule has 0 aliphatic carbocycles. The Hall–Kier alpha value is -2.46. The number of hydrogen-bond donors (Lipinski definition) is 2. The van der Waals surface area contributed by atoms with E-state index in [1.54, 1.807) is 0 Å². The highest BCUT2D eigenvalue weighted by molar-refractivity contribution is 7.89. The molecule has 0 radical (unpaired) electrons. The van der Waals surface area contributed by atoms with Gasteiger partial charge in [0.25, 0.3) is 5.79 Å². The lowest BCUT2D eigenvalue weighted by molar-refractivity contribution is -0.222. The molecule has 0 atom stereocenters. The molecule has 8 nitrogen and oxygen atoms in total. The summed E-state index contributed by atoms with van der Waals surface area (Å²) in [5.41, 5.74) is -0.722. The minimum atomic E-state index is -3.78. The van der Waals surface area contributed by atoms with E-state index in [0.717, 1.165) is 24.4 Å². The van der Waals surface area contributed by atoms with Gasteiger partial charge in [-0.15, -0.1) is 0 Å². The summed E-state index contributed by atoms with van der Waals surface area (Å²) in [6.07, 6.45) is 0.897. The van der Waals surface area contributed by atoms with Crippen LogP contribution in [0.5, 0.6) is 0 Å². The average Bonchev–Trinajstić information content (AvgIpc) is 2.46. The third-order valence-corrected chi connectivity index (χ3v) is 4.42. The lowest BCUT2D eigenvalue weighted by Gasteiger charge is -2.29. The van der Waals surface area contributed by atoms with Crippen molar-refractivity contribution in [2.24, 2.45) is 0 Å². The largest absolute Gasteiger partial charge is 0.419 e. The molecule has 2 N–H and O–H groups in total. The molecule has 0 bridgehead atoms. The van der Waals surface area contributed by atoms with E-state index in [2.05, 4.69) is 10.0 Å². The number of halogens is 1. The maximum absolute atomic E-state index is 13.8. The van der Waals surface area contributed by atoms with Crippen LogP contribution in [0.15, 0.2) is 34.9 Å². The SMILES string of the molecule is CNS(=O)(=O)c1ccc(F)c(NC=C2C(=O)OC(C)(C)OC2=O)c1. The van der Waals surface area contributed by atoms with E-state index in [1.807, 2.05) is 0 Å². The predicted octanol–water partition coefficient (Wildman–Crippen LogP) is 0.866. The summed E-state index contributed by atoms with van der Waals surface area (Å²) in [4.78, 5) is 23.3. The molecule has 2 rings (SSSR count). The van der Waals surface area contributed by atoms with E-state index in [9.17, 15) is 22.4 Å². The van der Waals surface area contributed by atoms with Gasteiger partial charge in [-0.25, -0.2) is 27.1 Å². The highest BCUT2D eigenvalue weighted by Gasteiger charge is 2.39. The van der Waals surface area contributed by atoms with Crippen LogP contribution in [0.1, 0.15) is 13.8 Å². The van der Waals surface area contributed by atoms with E-state index in [4.69, 9.17) is 9.47 Å². The fourth-order valence-electron chi connectivity index (χ4n) is 1.83. The first-order valence-corrected chi connectivity index (χ1v) is 8.20. The molecule has 1 aromatic carbocycles. The second kappa shape index (κ2) is 6.21. The lowest BCUT2D eigenvalue weighted by atomic mass is 10.2. The third kappa shape index (κ3) is 3.71. The van der Waals surface area contributed by atoms with Gasteiger partial charge < -0.3 is 14.8 Å². The van der Waals surface area contributed by atoms with E-state index in [-0.39, 0.29) is 10.6 Å². The number of carbonyl (C=O) groups excluding carboxylic acids is 2. The Morgan fingerprint density at radius 3 is 2.29 bits per heavy atom. The quantitative estimate of drug-likeness (QED) is 0.467. The van der Waals surface area contributed by atoms with Crippen LogP contribution >= 0.6 is 0 Å². The van der Waals surface area contributed by atoms with Crippen LogP contribution < -0.4 is 10.0 Å². The number of hydrogen-bond acceptors (Lipinski definition) is 7. The number of sulfonamides is 1. The standard InChI is InChI=1S/C14H15FN2O6S/c1-14(2)22-12(18)9(13(19)23-14)7-17-11-6-8(4-5-10(11)15)24(20,21)16-3/h4-7,16-17H,1-3H3. The van der Waals surface area contributed by atoms with Crippen LogP contribution in [0.2, 0.25) is 0 Å². The molecule has 130 valence electrons. The van der Waals surface area contributed by atoms with Crippen molar-refractivity contribution in [2.45, 2.75) is 24.5 Å². The molecule has 0 amide bonds. The van der Waals surface area contributed by atoms with Gasteiger partial charge in [-0.2, -0.15) is 0 Å². The van der Waals surface area contributed by atoms with Gasteiger partial charge in [-0.05, 0) is 25.2 Å². The molecule has 1 aliphatic heterocycles. The van der Waals surface area contributed by atoms with Crippen molar-refractivity contribution in [1.29, 1.82) is 0 Å². The Morgan fingerprint density at radius 1 is 1.17 bits per heavy atom. The van der Waals surface area contributed by atoms with Gasteiger partial charge in [0.05, 0.1) is 10.6 Å². The molecule has 10 heteroatoms. The summed E-state index contributed by atoms with van der Waals surface area (Å²) in [6, 6.07) is 3.03. The maximum Gasteiger partial charge on any atom is 0.350 e. The second-order valence-electron chi connectivity index (χ2n) is 5.23. The van der Waals surface area contributed by atoms with Gasteiger partial charge in [-0.3, -0.25) is 0 Å². The molecule has 1 heterocycles. The highest BCUT2D eigenvalue weighted by atomic mass is 32.2. The van der Waals surface area contributed by atoms with Crippen LogP contribution in [-0.2, 0) is 29.1 Å². The molecule has 0 aromatic heterocycles. The molecular weight excluding hydrogens is 343 g/mol. The summed E-state index contributed by atoms with van der Waals surface area (Å²) in [7, 11) is -2.57. The molecule has 1 fully saturated rings. The zero-order valence-electron chi connectivity index (χ0n) is 13.0. The molecule has 1 saturated heterocycles. The average molecular weight is 358 g/mol. The molecule has 0 saturated carbocycles. The predicted molar refractivity (Wildman–Crippen MR) is 80.6 cm³/mol. The number of benzene rings is 1. The van der Waals surface area contributed by atoms with Crippen LogP contribution in [-0.4, -0.2) is 33.2 Å². The van der Waals surface area contributed by atoms with E-state index in [0.29, 0.717) is 0 Å². The Balaban J connectivity index is 2.30. The van der Waals surface area contributed by atoms with Gasteiger partial charge in [0, 0.05) is 20.0 Å². The first-order chi connectivity index (χ1) is 11.1.